The van der Waals surface area contributed by atoms with Gasteiger partial charge in [0.2, 0.25) is 21.8 Å². The van der Waals surface area contributed by atoms with Crippen LogP contribution in [0.25, 0.3) is 0 Å². The molecule has 1 aliphatic carbocycles. The summed E-state index contributed by atoms with van der Waals surface area (Å²) in [4.78, 5) is 30.6. The smallest absolute Gasteiger partial charge is 0.243 e. The highest BCUT2D eigenvalue weighted by molar-refractivity contribution is 7.89. The molecule has 0 N–H and O–H groups in total. The first-order chi connectivity index (χ1) is 20.2. The van der Waals surface area contributed by atoms with E-state index in [2.05, 4.69) is 6.92 Å². The Hall–Kier alpha value is -2.78. The van der Waals surface area contributed by atoms with Crippen molar-refractivity contribution in [1.29, 1.82) is 0 Å². The third kappa shape index (κ3) is 8.86. The fourth-order valence-corrected chi connectivity index (χ4v) is 7.33. The van der Waals surface area contributed by atoms with Gasteiger partial charge in [-0.1, -0.05) is 68.9 Å². The van der Waals surface area contributed by atoms with Crippen molar-refractivity contribution in [2.75, 3.05) is 19.6 Å². The number of unbranched alkanes of at least 4 members (excludes halogenated alkanes) is 5. The Bertz CT molecular complexity index is 1270. The zero-order valence-corrected chi connectivity index (χ0v) is 26.0. The summed E-state index contributed by atoms with van der Waals surface area (Å²) in [5.41, 5.74) is 1.75. The van der Waals surface area contributed by atoms with Crippen LogP contribution >= 0.6 is 0 Å². The van der Waals surface area contributed by atoms with Crippen molar-refractivity contribution in [2.24, 2.45) is 0 Å². The molecule has 42 heavy (non-hydrogen) atoms. The maximum atomic E-state index is 13.9. The molecule has 2 aromatic carbocycles. The number of hydrogen-bond donors (Lipinski definition) is 0. The molecule has 1 aliphatic heterocycles. The van der Waals surface area contributed by atoms with Gasteiger partial charge in [-0.3, -0.25) is 9.59 Å². The van der Waals surface area contributed by atoms with Gasteiger partial charge in [0.1, 0.15) is 5.82 Å². The zero-order valence-electron chi connectivity index (χ0n) is 25.1. The summed E-state index contributed by atoms with van der Waals surface area (Å²) >= 11 is 0. The molecule has 230 valence electrons. The van der Waals surface area contributed by atoms with E-state index in [1.165, 1.54) is 42.1 Å². The molecule has 0 spiro atoms. The molecule has 9 heteroatoms. The Kier molecular flexibility index (Phi) is 11.6. The highest BCUT2D eigenvalue weighted by Gasteiger charge is 2.41. The minimum absolute atomic E-state index is 0.135. The van der Waals surface area contributed by atoms with Gasteiger partial charge >= 0.3 is 0 Å². The van der Waals surface area contributed by atoms with Crippen molar-refractivity contribution in [3.8, 4) is 0 Å². The predicted molar refractivity (Wildman–Crippen MR) is 163 cm³/mol. The first-order valence-electron chi connectivity index (χ1n) is 15.6. The molecular weight excluding hydrogens is 553 g/mol. The summed E-state index contributed by atoms with van der Waals surface area (Å²) in [6.07, 6.45) is 10.1. The average molecular weight is 600 g/mol. The number of carbonyl (C=O) groups excluding carboxylic acids is 2. The molecule has 2 aliphatic rings. The number of halogens is 1. The number of aryl methyl sites for hydroxylation is 1. The van der Waals surface area contributed by atoms with E-state index in [1.54, 1.807) is 41.3 Å². The lowest BCUT2D eigenvalue weighted by Crippen LogP contribution is -2.51. The summed E-state index contributed by atoms with van der Waals surface area (Å²) in [6.45, 7) is 5.26. The van der Waals surface area contributed by atoms with E-state index in [1.807, 2.05) is 11.8 Å². The number of nitrogens with zero attached hydrogens (tertiary/aromatic N) is 3. The Morgan fingerprint density at radius 2 is 1.48 bits per heavy atom. The molecular formula is C33H46FN3O4S. The fraction of sp³-hybridized carbons (Fsp3) is 0.576. The number of rotatable bonds is 15. The van der Waals surface area contributed by atoms with Gasteiger partial charge in [-0.2, -0.15) is 4.31 Å². The van der Waals surface area contributed by atoms with Gasteiger partial charge in [-0.05, 0) is 68.9 Å². The second-order valence-electron chi connectivity index (χ2n) is 11.9. The highest BCUT2D eigenvalue weighted by Crippen LogP contribution is 2.33. The van der Waals surface area contributed by atoms with E-state index in [0.29, 0.717) is 32.4 Å². The van der Waals surface area contributed by atoms with Crippen LogP contribution in [0.3, 0.4) is 0 Å². The van der Waals surface area contributed by atoms with Gasteiger partial charge in [-0.25, -0.2) is 12.8 Å². The van der Waals surface area contributed by atoms with Crippen molar-refractivity contribution in [1.82, 2.24) is 14.1 Å². The van der Waals surface area contributed by atoms with E-state index in [0.717, 1.165) is 36.8 Å². The largest absolute Gasteiger partial charge is 0.343 e. The van der Waals surface area contributed by atoms with Crippen LogP contribution in [-0.2, 0) is 26.2 Å². The van der Waals surface area contributed by atoms with Gasteiger partial charge in [0.05, 0.1) is 11.4 Å². The number of carbonyl (C=O) groups is 2. The topological polar surface area (TPSA) is 78.0 Å². The van der Waals surface area contributed by atoms with Crippen LogP contribution in [0.15, 0.2) is 53.4 Å². The standard InChI is InChI=1S/C33H46FN3O4S/c1-3-4-5-6-7-8-9-32(38)35-22-20-29(21-23-35)36(24-27-12-14-28(34)15-13-27)33(39)25-37(30-16-17-30)42(40,41)31-18-10-26(2)11-19-31/h10-15,18-19,29-30H,3-9,16-17,20-25H2,1-2H3. The molecule has 0 atom stereocenters. The molecule has 1 saturated heterocycles. The average Bonchev–Trinajstić information content (AvgIpc) is 3.83. The zero-order chi connectivity index (χ0) is 30.1. The summed E-state index contributed by atoms with van der Waals surface area (Å²) in [6, 6.07) is 12.5. The molecule has 0 aromatic heterocycles. The number of amides is 2. The SMILES string of the molecule is CCCCCCCCC(=O)N1CCC(N(Cc2ccc(F)cc2)C(=O)CN(C2CC2)S(=O)(=O)c2ccc(C)cc2)CC1. The third-order valence-electron chi connectivity index (χ3n) is 8.46. The lowest BCUT2D eigenvalue weighted by atomic mass is 10.0. The Labute approximate surface area is 251 Å². The molecule has 2 amide bonds. The summed E-state index contributed by atoms with van der Waals surface area (Å²) in [7, 11) is -3.85. The summed E-state index contributed by atoms with van der Waals surface area (Å²) < 4.78 is 42.2. The first-order valence-corrected chi connectivity index (χ1v) is 17.0. The quantitative estimate of drug-likeness (QED) is 0.233. The lowest BCUT2D eigenvalue weighted by molar-refractivity contribution is -0.137. The van der Waals surface area contributed by atoms with E-state index >= 15 is 0 Å². The molecule has 2 aromatic rings. The van der Waals surface area contributed by atoms with E-state index < -0.39 is 10.0 Å². The van der Waals surface area contributed by atoms with Crippen LogP contribution < -0.4 is 0 Å². The van der Waals surface area contributed by atoms with Crippen LogP contribution in [0.5, 0.6) is 0 Å². The van der Waals surface area contributed by atoms with E-state index in [9.17, 15) is 22.4 Å². The molecule has 2 fully saturated rings. The van der Waals surface area contributed by atoms with Crippen LogP contribution in [0.1, 0.15) is 88.7 Å². The van der Waals surface area contributed by atoms with Gasteiger partial charge in [0, 0.05) is 38.1 Å². The van der Waals surface area contributed by atoms with Crippen molar-refractivity contribution in [2.45, 2.75) is 108 Å². The second-order valence-corrected chi connectivity index (χ2v) is 13.8. The second kappa shape index (κ2) is 15.1. The van der Waals surface area contributed by atoms with Crippen LogP contribution in [-0.4, -0.2) is 66.1 Å². The maximum Gasteiger partial charge on any atom is 0.243 e. The lowest BCUT2D eigenvalue weighted by Gasteiger charge is -2.39. The highest BCUT2D eigenvalue weighted by atomic mass is 32.2. The van der Waals surface area contributed by atoms with E-state index in [-0.39, 0.29) is 47.7 Å². The molecule has 1 saturated carbocycles. The van der Waals surface area contributed by atoms with Gasteiger partial charge < -0.3 is 9.80 Å². The molecule has 7 nitrogen and oxygen atoms in total. The normalized spacial score (nSPS) is 16.1. The van der Waals surface area contributed by atoms with Crippen LogP contribution in [0.2, 0.25) is 0 Å². The van der Waals surface area contributed by atoms with Gasteiger partial charge in [-0.15, -0.1) is 0 Å². The number of sulfonamides is 1. The molecule has 1 heterocycles. The van der Waals surface area contributed by atoms with Crippen molar-refractivity contribution in [3.05, 3.63) is 65.5 Å². The number of benzene rings is 2. The predicted octanol–water partition coefficient (Wildman–Crippen LogP) is 6.06. The van der Waals surface area contributed by atoms with Crippen LogP contribution in [0, 0.1) is 12.7 Å². The Morgan fingerprint density at radius 1 is 0.857 bits per heavy atom. The molecule has 0 radical (unpaired) electrons. The van der Waals surface area contributed by atoms with Crippen molar-refractivity contribution >= 4 is 21.8 Å². The van der Waals surface area contributed by atoms with E-state index in [4.69, 9.17) is 0 Å². The Balaban J connectivity index is 1.43. The fourth-order valence-electron chi connectivity index (χ4n) is 5.69. The molecule has 0 unspecified atom stereocenters. The summed E-state index contributed by atoms with van der Waals surface area (Å²) in [5, 5.41) is 0. The monoisotopic (exact) mass is 599 g/mol. The third-order valence-corrected chi connectivity index (χ3v) is 10.4. The Morgan fingerprint density at radius 3 is 2.10 bits per heavy atom. The van der Waals surface area contributed by atoms with Gasteiger partial charge in [0.15, 0.2) is 0 Å². The minimum Gasteiger partial charge on any atom is -0.343 e. The first kappa shape index (κ1) is 32.1. The summed E-state index contributed by atoms with van der Waals surface area (Å²) in [5.74, 6) is -0.443. The van der Waals surface area contributed by atoms with Crippen molar-refractivity contribution in [3.63, 3.8) is 0 Å². The maximum absolute atomic E-state index is 13.9. The van der Waals surface area contributed by atoms with Gasteiger partial charge in [0.25, 0.3) is 0 Å². The minimum atomic E-state index is -3.85. The molecule has 4 rings (SSSR count). The molecule has 0 bridgehead atoms. The number of piperidine rings is 1. The van der Waals surface area contributed by atoms with Crippen LogP contribution in [0.4, 0.5) is 4.39 Å². The van der Waals surface area contributed by atoms with Crippen molar-refractivity contribution < 1.29 is 22.4 Å². The number of hydrogen-bond acceptors (Lipinski definition) is 4. The number of likely N-dealkylation sites (tertiary alicyclic amines) is 1.